The summed E-state index contributed by atoms with van der Waals surface area (Å²) >= 11 is 1.48. The van der Waals surface area contributed by atoms with Crippen LogP contribution in [0, 0.1) is 0 Å². The van der Waals surface area contributed by atoms with Gasteiger partial charge in [-0.1, -0.05) is 18.3 Å². The third-order valence-corrected chi connectivity index (χ3v) is 2.73. The highest BCUT2D eigenvalue weighted by molar-refractivity contribution is 7.17. The van der Waals surface area contributed by atoms with Crippen molar-refractivity contribution < 1.29 is 0 Å². The Morgan fingerprint density at radius 2 is 2.36 bits per heavy atom. The quantitative estimate of drug-likeness (QED) is 0.837. The average Bonchev–Trinajstić information content (AvgIpc) is 2.74. The smallest absolute Gasteiger partial charge is 0.196 e. The van der Waals surface area contributed by atoms with Crippen LogP contribution in [0.4, 0.5) is 5.00 Å². The van der Waals surface area contributed by atoms with Gasteiger partial charge in [0.25, 0.3) is 0 Å². The molecule has 74 valence electrons. The molecule has 2 aromatic heterocycles. The highest BCUT2D eigenvalue weighted by Crippen LogP contribution is 2.20. The minimum atomic E-state index is 0.733. The minimum Gasteiger partial charge on any atom is -0.389 e. The summed E-state index contributed by atoms with van der Waals surface area (Å²) in [5.41, 5.74) is 5.63. The fourth-order valence-electron chi connectivity index (χ4n) is 1.31. The van der Waals surface area contributed by atoms with Gasteiger partial charge in [0, 0.05) is 18.8 Å². The summed E-state index contributed by atoms with van der Waals surface area (Å²) in [5.74, 6) is 1.04. The zero-order valence-electron chi connectivity index (χ0n) is 7.97. The third kappa shape index (κ3) is 1.63. The number of aromatic nitrogens is 3. The molecule has 2 heterocycles. The first kappa shape index (κ1) is 9.21. The van der Waals surface area contributed by atoms with Gasteiger partial charge in [0.15, 0.2) is 5.13 Å². The first-order valence-electron chi connectivity index (χ1n) is 4.55. The van der Waals surface area contributed by atoms with Crippen LogP contribution < -0.4 is 5.73 Å². The lowest BCUT2D eigenvalue weighted by atomic mass is 10.3. The predicted octanol–water partition coefficient (Wildman–Crippen LogP) is 1.86. The molecule has 0 fully saturated rings. The molecule has 5 heteroatoms. The Kier molecular flexibility index (Phi) is 2.49. The summed E-state index contributed by atoms with van der Waals surface area (Å²) < 4.78 is 1.99. The van der Waals surface area contributed by atoms with Crippen molar-refractivity contribution in [2.45, 2.75) is 19.8 Å². The molecule has 4 nitrogen and oxygen atoms in total. The molecular weight excluding hydrogens is 196 g/mol. The Balaban J connectivity index is 2.36. The van der Waals surface area contributed by atoms with E-state index in [2.05, 4.69) is 16.9 Å². The second-order valence-electron chi connectivity index (χ2n) is 3.01. The van der Waals surface area contributed by atoms with E-state index in [1.54, 1.807) is 12.4 Å². The van der Waals surface area contributed by atoms with Crippen LogP contribution in [0.25, 0.3) is 5.13 Å². The van der Waals surface area contributed by atoms with Gasteiger partial charge in [-0.2, -0.15) is 0 Å². The summed E-state index contributed by atoms with van der Waals surface area (Å²) in [7, 11) is 0. The lowest BCUT2D eigenvalue weighted by Crippen LogP contribution is -1.99. The number of imidazole rings is 1. The van der Waals surface area contributed by atoms with Gasteiger partial charge in [-0.15, -0.1) is 0 Å². The highest BCUT2D eigenvalue weighted by Gasteiger charge is 2.06. The van der Waals surface area contributed by atoms with Crippen molar-refractivity contribution in [3.63, 3.8) is 0 Å². The number of hydrogen-bond donors (Lipinski definition) is 1. The van der Waals surface area contributed by atoms with E-state index in [0.717, 1.165) is 28.8 Å². The maximum absolute atomic E-state index is 5.63. The zero-order chi connectivity index (χ0) is 9.97. The van der Waals surface area contributed by atoms with Gasteiger partial charge in [-0.05, 0) is 6.42 Å². The molecule has 2 N–H and O–H groups in total. The summed E-state index contributed by atoms with van der Waals surface area (Å²) in [6.45, 7) is 2.13. The van der Waals surface area contributed by atoms with E-state index in [-0.39, 0.29) is 0 Å². The van der Waals surface area contributed by atoms with Crippen molar-refractivity contribution in [1.29, 1.82) is 0 Å². The molecule has 14 heavy (non-hydrogen) atoms. The second kappa shape index (κ2) is 3.79. The molecule has 0 unspecified atom stereocenters. The summed E-state index contributed by atoms with van der Waals surface area (Å²) in [4.78, 5) is 8.50. The van der Waals surface area contributed by atoms with E-state index in [9.17, 15) is 0 Å². The van der Waals surface area contributed by atoms with E-state index >= 15 is 0 Å². The van der Waals surface area contributed by atoms with E-state index in [1.807, 2.05) is 10.8 Å². The minimum absolute atomic E-state index is 0.733. The number of hydrogen-bond acceptors (Lipinski definition) is 4. The van der Waals surface area contributed by atoms with Crippen molar-refractivity contribution in [2.75, 3.05) is 5.73 Å². The standard InChI is InChI=1S/C9H12N4S/c1-2-3-8-11-4-5-13(8)9-12-6-7(10)14-9/h4-6H,2-3,10H2,1H3. The van der Waals surface area contributed by atoms with Gasteiger partial charge in [0.1, 0.15) is 10.8 Å². The summed E-state index contributed by atoms with van der Waals surface area (Å²) in [6.07, 6.45) is 7.44. The molecule has 0 aliphatic rings. The summed E-state index contributed by atoms with van der Waals surface area (Å²) in [6, 6.07) is 0. The molecule has 2 rings (SSSR count). The van der Waals surface area contributed by atoms with Crippen molar-refractivity contribution in [1.82, 2.24) is 14.5 Å². The largest absolute Gasteiger partial charge is 0.389 e. The van der Waals surface area contributed by atoms with Crippen LogP contribution in [0.15, 0.2) is 18.6 Å². The van der Waals surface area contributed by atoms with E-state index in [4.69, 9.17) is 5.73 Å². The lowest BCUT2D eigenvalue weighted by molar-refractivity contribution is 0.806. The van der Waals surface area contributed by atoms with Crippen LogP contribution >= 0.6 is 11.3 Å². The number of anilines is 1. The van der Waals surface area contributed by atoms with E-state index in [1.165, 1.54) is 11.3 Å². The van der Waals surface area contributed by atoms with Gasteiger partial charge in [-0.25, -0.2) is 9.97 Å². The Labute approximate surface area is 86.4 Å². The highest BCUT2D eigenvalue weighted by atomic mass is 32.1. The fourth-order valence-corrected chi connectivity index (χ4v) is 1.99. The van der Waals surface area contributed by atoms with E-state index < -0.39 is 0 Å². The fraction of sp³-hybridized carbons (Fsp3) is 0.333. The average molecular weight is 208 g/mol. The molecule has 0 aliphatic carbocycles. The molecule has 0 bridgehead atoms. The van der Waals surface area contributed by atoms with Crippen LogP contribution in [-0.4, -0.2) is 14.5 Å². The van der Waals surface area contributed by atoms with Gasteiger partial charge >= 0.3 is 0 Å². The second-order valence-corrected chi connectivity index (χ2v) is 4.05. The van der Waals surface area contributed by atoms with Crippen LogP contribution in [-0.2, 0) is 6.42 Å². The van der Waals surface area contributed by atoms with Crippen molar-refractivity contribution in [2.24, 2.45) is 0 Å². The first-order chi connectivity index (χ1) is 6.81. The molecule has 2 aromatic rings. The van der Waals surface area contributed by atoms with Crippen molar-refractivity contribution >= 4 is 16.3 Å². The van der Waals surface area contributed by atoms with Crippen LogP contribution in [0.1, 0.15) is 19.2 Å². The molecular formula is C9H12N4S. The molecule has 0 saturated heterocycles. The monoisotopic (exact) mass is 208 g/mol. The lowest BCUT2D eigenvalue weighted by Gasteiger charge is -2.01. The number of nitrogen functional groups attached to an aromatic ring is 1. The first-order valence-corrected chi connectivity index (χ1v) is 5.37. The predicted molar refractivity (Wildman–Crippen MR) is 57.6 cm³/mol. The van der Waals surface area contributed by atoms with Gasteiger partial charge in [0.05, 0.1) is 6.20 Å². The van der Waals surface area contributed by atoms with Gasteiger partial charge in [-0.3, -0.25) is 4.57 Å². The normalized spacial score (nSPS) is 10.6. The van der Waals surface area contributed by atoms with Crippen molar-refractivity contribution in [3.8, 4) is 5.13 Å². The maximum atomic E-state index is 5.63. The Bertz CT molecular complexity index is 418. The summed E-state index contributed by atoms with van der Waals surface area (Å²) in [5, 5.41) is 1.62. The van der Waals surface area contributed by atoms with E-state index in [0.29, 0.717) is 0 Å². The van der Waals surface area contributed by atoms with Crippen LogP contribution in [0.2, 0.25) is 0 Å². The molecule has 0 radical (unpaired) electrons. The van der Waals surface area contributed by atoms with Crippen LogP contribution in [0.5, 0.6) is 0 Å². The molecule has 0 aliphatic heterocycles. The zero-order valence-corrected chi connectivity index (χ0v) is 8.79. The molecule has 0 aromatic carbocycles. The Morgan fingerprint density at radius 3 is 3.00 bits per heavy atom. The van der Waals surface area contributed by atoms with Crippen LogP contribution in [0.3, 0.4) is 0 Å². The topological polar surface area (TPSA) is 56.7 Å². The number of rotatable bonds is 3. The Hall–Kier alpha value is -1.36. The SMILES string of the molecule is CCCc1nccn1-c1ncc(N)s1. The van der Waals surface area contributed by atoms with Gasteiger partial charge < -0.3 is 5.73 Å². The maximum Gasteiger partial charge on any atom is 0.196 e. The number of aryl methyl sites for hydroxylation is 1. The molecule has 0 atom stereocenters. The Morgan fingerprint density at radius 1 is 1.50 bits per heavy atom. The number of nitrogens with two attached hydrogens (primary N) is 1. The van der Waals surface area contributed by atoms with Gasteiger partial charge in [0.2, 0.25) is 0 Å². The molecule has 0 amide bonds. The molecule has 0 saturated carbocycles. The molecule has 0 spiro atoms. The number of nitrogens with zero attached hydrogens (tertiary/aromatic N) is 3. The number of thiazole rings is 1. The third-order valence-electron chi connectivity index (χ3n) is 1.91. The van der Waals surface area contributed by atoms with Crippen molar-refractivity contribution in [3.05, 3.63) is 24.4 Å².